The van der Waals surface area contributed by atoms with Crippen molar-refractivity contribution in [3.05, 3.63) is 50.4 Å². The standard InChI is InChI=1S/C21H12Br2O6/c22-11-4-7(5-13(24)17(11)26)3-10-9-2-1-8-6-12(23)18(27)20-14(8)15(9)21(29-20)19(28)16(10)25/h1-2,4-6,24-28H,3H2. The number of phenolic OH excluding ortho intramolecular Hbond substituents is 5. The molecular formula is C21H12Br2O6. The Kier molecular flexibility index (Phi) is 3.81. The first-order valence-corrected chi connectivity index (χ1v) is 10.1. The minimum Gasteiger partial charge on any atom is -0.504 e. The van der Waals surface area contributed by atoms with Gasteiger partial charge >= 0.3 is 0 Å². The molecule has 5 N–H and O–H groups in total. The zero-order valence-corrected chi connectivity index (χ0v) is 17.7. The third-order valence-electron chi connectivity index (χ3n) is 5.15. The van der Waals surface area contributed by atoms with E-state index in [0.29, 0.717) is 36.2 Å². The third kappa shape index (κ3) is 2.45. The molecule has 0 radical (unpaired) electrons. The Morgan fingerprint density at radius 3 is 2.14 bits per heavy atom. The molecule has 0 bridgehead atoms. The van der Waals surface area contributed by atoms with Gasteiger partial charge in [-0.1, -0.05) is 12.1 Å². The number of halogens is 2. The van der Waals surface area contributed by atoms with Gasteiger partial charge in [-0.05, 0) is 66.4 Å². The highest BCUT2D eigenvalue weighted by Gasteiger charge is 2.25. The molecular weight excluding hydrogens is 508 g/mol. The molecule has 1 aromatic heterocycles. The molecule has 0 unspecified atom stereocenters. The lowest BCUT2D eigenvalue weighted by atomic mass is 9.93. The average molecular weight is 520 g/mol. The summed E-state index contributed by atoms with van der Waals surface area (Å²) in [6.07, 6.45) is 0.173. The number of aromatic hydroxyl groups is 5. The van der Waals surface area contributed by atoms with Crippen LogP contribution >= 0.6 is 31.9 Å². The fourth-order valence-corrected chi connectivity index (χ4v) is 4.75. The first kappa shape index (κ1) is 18.2. The molecule has 29 heavy (non-hydrogen) atoms. The first-order chi connectivity index (χ1) is 13.8. The van der Waals surface area contributed by atoms with Crippen LogP contribution in [0.15, 0.2) is 43.7 Å². The van der Waals surface area contributed by atoms with E-state index in [-0.39, 0.29) is 40.6 Å². The van der Waals surface area contributed by atoms with Crippen molar-refractivity contribution >= 4 is 64.6 Å². The zero-order valence-electron chi connectivity index (χ0n) is 14.5. The van der Waals surface area contributed by atoms with E-state index in [1.807, 2.05) is 12.1 Å². The fourth-order valence-electron chi connectivity index (χ4n) is 3.82. The second kappa shape index (κ2) is 6.08. The quantitative estimate of drug-likeness (QED) is 0.148. The molecule has 6 nitrogen and oxygen atoms in total. The molecule has 0 spiro atoms. The summed E-state index contributed by atoms with van der Waals surface area (Å²) < 4.78 is 6.50. The zero-order chi connectivity index (χ0) is 20.6. The van der Waals surface area contributed by atoms with Crippen LogP contribution in [0.25, 0.3) is 32.7 Å². The summed E-state index contributed by atoms with van der Waals surface area (Å²) in [5, 5.41) is 54.0. The summed E-state index contributed by atoms with van der Waals surface area (Å²) in [4.78, 5) is 0. The second-order valence-electron chi connectivity index (χ2n) is 6.85. The Bertz CT molecular complexity index is 1430. The Labute approximate surface area is 179 Å². The predicted molar refractivity (Wildman–Crippen MR) is 115 cm³/mol. The Balaban J connectivity index is 1.85. The predicted octanol–water partition coefficient (Wildman–Crippen LogP) is 5.82. The van der Waals surface area contributed by atoms with Crippen molar-refractivity contribution < 1.29 is 29.9 Å². The van der Waals surface area contributed by atoms with Crippen molar-refractivity contribution in [1.82, 2.24) is 0 Å². The molecule has 0 aliphatic heterocycles. The van der Waals surface area contributed by atoms with Crippen molar-refractivity contribution in [2.75, 3.05) is 0 Å². The normalized spacial score (nSPS) is 11.9. The Hall–Kier alpha value is -2.84. The van der Waals surface area contributed by atoms with Gasteiger partial charge in [-0.3, -0.25) is 0 Å². The SMILES string of the molecule is Oc1cc(Cc2c(O)c(O)c3oc4c(O)c(Br)cc5ccc2c3c54)cc(Br)c1O. The van der Waals surface area contributed by atoms with E-state index >= 15 is 0 Å². The second-order valence-corrected chi connectivity index (χ2v) is 8.56. The van der Waals surface area contributed by atoms with Crippen molar-refractivity contribution in [2.24, 2.45) is 0 Å². The minimum atomic E-state index is -0.422. The molecule has 8 heteroatoms. The lowest BCUT2D eigenvalue weighted by molar-refractivity contribution is 0.397. The lowest BCUT2D eigenvalue weighted by Gasteiger charge is -2.13. The maximum absolute atomic E-state index is 10.7. The van der Waals surface area contributed by atoms with Crippen LogP contribution in [0.4, 0.5) is 0 Å². The molecule has 0 saturated heterocycles. The van der Waals surface area contributed by atoms with Gasteiger partial charge in [0, 0.05) is 22.8 Å². The van der Waals surface area contributed by atoms with Crippen LogP contribution < -0.4 is 0 Å². The van der Waals surface area contributed by atoms with E-state index in [9.17, 15) is 25.5 Å². The smallest absolute Gasteiger partial charge is 0.202 e. The number of phenols is 5. The molecule has 0 saturated carbocycles. The summed E-state index contributed by atoms with van der Waals surface area (Å²) in [6.45, 7) is 0. The van der Waals surface area contributed by atoms with Crippen LogP contribution in [0, 0.1) is 0 Å². The lowest BCUT2D eigenvalue weighted by Crippen LogP contribution is -1.93. The molecule has 1 heterocycles. The first-order valence-electron chi connectivity index (χ1n) is 8.50. The minimum absolute atomic E-state index is 0.0879. The molecule has 0 aliphatic rings. The highest BCUT2D eigenvalue weighted by molar-refractivity contribution is 9.11. The topological polar surface area (TPSA) is 114 Å². The molecule has 5 rings (SSSR count). The summed E-state index contributed by atoms with van der Waals surface area (Å²) in [7, 11) is 0. The fraction of sp³-hybridized carbons (Fsp3) is 0.0476. The van der Waals surface area contributed by atoms with Crippen molar-refractivity contribution in [3.63, 3.8) is 0 Å². The highest BCUT2D eigenvalue weighted by atomic mass is 79.9. The third-order valence-corrected chi connectivity index (χ3v) is 6.36. The Morgan fingerprint density at radius 1 is 0.724 bits per heavy atom. The van der Waals surface area contributed by atoms with Gasteiger partial charge < -0.3 is 29.9 Å². The van der Waals surface area contributed by atoms with Crippen LogP contribution in [0.3, 0.4) is 0 Å². The summed E-state index contributed by atoms with van der Waals surface area (Å²) in [6, 6.07) is 8.42. The largest absolute Gasteiger partial charge is 0.504 e. The average Bonchev–Trinajstić information content (AvgIpc) is 3.09. The van der Waals surface area contributed by atoms with E-state index in [1.165, 1.54) is 6.07 Å². The molecule has 0 atom stereocenters. The number of furan rings is 1. The van der Waals surface area contributed by atoms with Gasteiger partial charge in [-0.15, -0.1) is 0 Å². The molecule has 0 amide bonds. The number of hydrogen-bond donors (Lipinski definition) is 5. The summed E-state index contributed by atoms with van der Waals surface area (Å²) in [5.41, 5.74) is 1.34. The van der Waals surface area contributed by atoms with Gasteiger partial charge in [-0.25, -0.2) is 0 Å². The number of rotatable bonds is 2. The summed E-state index contributed by atoms with van der Waals surface area (Å²) >= 11 is 6.48. The van der Waals surface area contributed by atoms with E-state index in [1.54, 1.807) is 12.1 Å². The maximum Gasteiger partial charge on any atom is 0.202 e. The van der Waals surface area contributed by atoms with Crippen LogP contribution in [0.5, 0.6) is 28.7 Å². The summed E-state index contributed by atoms with van der Waals surface area (Å²) in [5.74, 6) is -1.43. The molecule has 146 valence electrons. The maximum atomic E-state index is 10.7. The van der Waals surface area contributed by atoms with Gasteiger partial charge in [0.05, 0.1) is 8.95 Å². The van der Waals surface area contributed by atoms with Crippen LogP contribution in [-0.2, 0) is 6.42 Å². The van der Waals surface area contributed by atoms with Crippen molar-refractivity contribution in [2.45, 2.75) is 6.42 Å². The van der Waals surface area contributed by atoms with Gasteiger partial charge in [-0.2, -0.15) is 0 Å². The molecule has 4 aromatic carbocycles. The van der Waals surface area contributed by atoms with Gasteiger partial charge in [0.1, 0.15) is 0 Å². The molecule has 0 fully saturated rings. The number of benzene rings is 4. The number of hydrogen-bond acceptors (Lipinski definition) is 6. The van der Waals surface area contributed by atoms with Crippen LogP contribution in [-0.4, -0.2) is 25.5 Å². The molecule has 0 aliphatic carbocycles. The monoisotopic (exact) mass is 518 g/mol. The highest BCUT2D eigenvalue weighted by Crippen LogP contribution is 2.51. The Morgan fingerprint density at radius 2 is 1.41 bits per heavy atom. The van der Waals surface area contributed by atoms with Crippen molar-refractivity contribution in [3.8, 4) is 28.7 Å². The van der Waals surface area contributed by atoms with Gasteiger partial charge in [0.25, 0.3) is 0 Å². The van der Waals surface area contributed by atoms with E-state index in [4.69, 9.17) is 4.42 Å². The van der Waals surface area contributed by atoms with E-state index in [0.717, 1.165) is 5.39 Å². The molecule has 5 aromatic rings. The van der Waals surface area contributed by atoms with Crippen LogP contribution in [0.1, 0.15) is 11.1 Å². The van der Waals surface area contributed by atoms with E-state index < -0.39 is 5.75 Å². The van der Waals surface area contributed by atoms with E-state index in [2.05, 4.69) is 31.9 Å². The van der Waals surface area contributed by atoms with Gasteiger partial charge in [0.15, 0.2) is 34.2 Å². The van der Waals surface area contributed by atoms with Crippen molar-refractivity contribution in [1.29, 1.82) is 0 Å². The van der Waals surface area contributed by atoms with Gasteiger partial charge in [0.2, 0.25) is 5.75 Å². The van der Waals surface area contributed by atoms with Crippen LogP contribution in [0.2, 0.25) is 0 Å².